The molecule has 1 unspecified atom stereocenters. The molecule has 2 heterocycles. The van der Waals surface area contributed by atoms with Crippen LogP contribution in [-0.4, -0.2) is 50.1 Å². The number of benzene rings is 1. The molecule has 1 amide bonds. The van der Waals surface area contributed by atoms with Crippen LogP contribution in [0.2, 0.25) is 0 Å². The number of hydrogen-bond acceptors (Lipinski definition) is 7. The summed E-state index contributed by atoms with van der Waals surface area (Å²) in [6.07, 6.45) is 0.973. The third kappa shape index (κ3) is 3.65. The molecule has 1 aromatic rings. The van der Waals surface area contributed by atoms with E-state index < -0.39 is 23.9 Å². The van der Waals surface area contributed by atoms with E-state index in [2.05, 4.69) is 0 Å². The topological polar surface area (TPSA) is 113 Å². The number of thioether (sulfide) groups is 1. The Morgan fingerprint density at radius 1 is 1.31 bits per heavy atom. The van der Waals surface area contributed by atoms with Gasteiger partial charge < -0.3 is 19.7 Å². The summed E-state index contributed by atoms with van der Waals surface area (Å²) in [4.78, 5) is 36.1. The average Bonchev–Trinajstić information content (AvgIpc) is 3.13. The Kier molecular flexibility index (Phi) is 5.14. The molecule has 10 heteroatoms. The predicted octanol–water partition coefficient (Wildman–Crippen LogP) is 1.93. The predicted molar refractivity (Wildman–Crippen MR) is 95.9 cm³/mol. The summed E-state index contributed by atoms with van der Waals surface area (Å²) in [6, 6.07) is 3.83. The number of carbonyl (C=O) groups is 3. The zero-order valence-corrected chi connectivity index (χ0v) is 14.8. The number of ether oxygens (including phenoxy) is 2. The van der Waals surface area contributed by atoms with Crippen LogP contribution in [0, 0.1) is 0 Å². The number of amides is 1. The van der Waals surface area contributed by atoms with Gasteiger partial charge >= 0.3 is 11.9 Å². The molecule has 2 N–H and O–H groups in total. The van der Waals surface area contributed by atoms with Crippen LogP contribution in [0.15, 0.2) is 23.1 Å². The van der Waals surface area contributed by atoms with Crippen LogP contribution in [-0.2, 0) is 14.4 Å². The van der Waals surface area contributed by atoms with Crippen molar-refractivity contribution in [2.75, 3.05) is 6.79 Å². The normalized spacial score (nSPS) is 18.5. The number of thiocarbonyl (C=S) groups is 1. The Morgan fingerprint density at radius 2 is 2.04 bits per heavy atom. The molecule has 1 saturated heterocycles. The van der Waals surface area contributed by atoms with Crippen molar-refractivity contribution in [1.82, 2.24) is 4.90 Å². The summed E-state index contributed by atoms with van der Waals surface area (Å²) in [5.41, 5.74) is 0.673. The molecule has 8 nitrogen and oxygen atoms in total. The first-order valence-corrected chi connectivity index (χ1v) is 8.70. The lowest BCUT2D eigenvalue weighted by Crippen LogP contribution is -2.44. The number of carboxylic acid groups (broad SMARTS) is 2. The summed E-state index contributed by atoms with van der Waals surface area (Å²) >= 11 is 6.11. The van der Waals surface area contributed by atoms with Gasteiger partial charge in [-0.1, -0.05) is 30.0 Å². The van der Waals surface area contributed by atoms with E-state index in [-0.39, 0.29) is 28.9 Å². The lowest BCUT2D eigenvalue weighted by Gasteiger charge is -2.22. The van der Waals surface area contributed by atoms with Gasteiger partial charge in [0.1, 0.15) is 10.4 Å². The van der Waals surface area contributed by atoms with Gasteiger partial charge in [0.05, 0.1) is 4.91 Å². The number of nitrogens with zero attached hydrogens (tertiary/aromatic N) is 1. The number of carboxylic acids is 2. The Balaban J connectivity index is 1.83. The summed E-state index contributed by atoms with van der Waals surface area (Å²) in [5, 5.41) is 18.1. The summed E-state index contributed by atoms with van der Waals surface area (Å²) in [7, 11) is 0. The van der Waals surface area contributed by atoms with Gasteiger partial charge in [-0.05, 0) is 30.2 Å². The molecule has 2 aliphatic heterocycles. The van der Waals surface area contributed by atoms with E-state index in [0.717, 1.165) is 16.7 Å². The van der Waals surface area contributed by atoms with Gasteiger partial charge in [-0.25, -0.2) is 4.79 Å². The first-order chi connectivity index (χ1) is 12.4. The summed E-state index contributed by atoms with van der Waals surface area (Å²) in [6.45, 7) is 0.130. The second-order valence-corrected chi connectivity index (χ2v) is 7.13. The Bertz CT molecular complexity index is 836. The van der Waals surface area contributed by atoms with E-state index in [0.29, 0.717) is 17.1 Å². The quantitative estimate of drug-likeness (QED) is 0.551. The zero-order valence-electron chi connectivity index (χ0n) is 13.2. The maximum absolute atomic E-state index is 12.6. The maximum atomic E-state index is 12.6. The molecule has 0 aliphatic carbocycles. The zero-order chi connectivity index (χ0) is 18.8. The standard InChI is InChI=1S/C16H13NO7S2/c18-13(19)4-2-9(15(21)22)17-14(20)12(26-16(17)25)6-8-1-3-10-11(5-8)24-7-23-10/h1,3,5-6,9H,2,4,7H2,(H,18,19)(H,21,22)/b12-6-. The molecule has 0 aromatic heterocycles. The molecule has 2 aliphatic rings. The van der Waals surface area contributed by atoms with E-state index in [1.54, 1.807) is 24.3 Å². The summed E-state index contributed by atoms with van der Waals surface area (Å²) < 4.78 is 10.6. The van der Waals surface area contributed by atoms with E-state index in [1.807, 2.05) is 0 Å². The van der Waals surface area contributed by atoms with Crippen LogP contribution in [0.4, 0.5) is 0 Å². The Hall–Kier alpha value is -2.59. The number of fused-ring (bicyclic) bond motifs is 1. The molecule has 0 spiro atoms. The van der Waals surface area contributed by atoms with Crippen molar-refractivity contribution in [1.29, 1.82) is 0 Å². The highest BCUT2D eigenvalue weighted by Crippen LogP contribution is 2.37. The van der Waals surface area contributed by atoms with Crippen molar-refractivity contribution >= 4 is 52.2 Å². The first-order valence-electron chi connectivity index (χ1n) is 7.48. The second-order valence-electron chi connectivity index (χ2n) is 5.45. The van der Waals surface area contributed by atoms with Gasteiger partial charge in [-0.2, -0.15) is 0 Å². The molecule has 1 aromatic carbocycles. The number of carbonyl (C=O) groups excluding carboxylic acids is 1. The first kappa shape index (κ1) is 18.2. The largest absolute Gasteiger partial charge is 0.481 e. The van der Waals surface area contributed by atoms with Crippen LogP contribution in [0.25, 0.3) is 6.08 Å². The molecule has 3 rings (SSSR count). The van der Waals surface area contributed by atoms with Gasteiger partial charge in [0.2, 0.25) is 6.79 Å². The summed E-state index contributed by atoms with van der Waals surface area (Å²) in [5.74, 6) is -1.84. The fraction of sp³-hybridized carbons (Fsp3) is 0.250. The molecule has 1 atom stereocenters. The molecular formula is C16H13NO7S2. The highest BCUT2D eigenvalue weighted by Gasteiger charge is 2.40. The number of aliphatic carboxylic acids is 2. The van der Waals surface area contributed by atoms with Crippen LogP contribution in [0.1, 0.15) is 18.4 Å². The van der Waals surface area contributed by atoms with Crippen molar-refractivity contribution in [2.24, 2.45) is 0 Å². The van der Waals surface area contributed by atoms with Gasteiger partial charge in [0.15, 0.2) is 11.5 Å². The van der Waals surface area contributed by atoms with E-state index >= 15 is 0 Å². The maximum Gasteiger partial charge on any atom is 0.326 e. The molecule has 0 bridgehead atoms. The Morgan fingerprint density at radius 3 is 2.73 bits per heavy atom. The van der Waals surface area contributed by atoms with Gasteiger partial charge in [-0.3, -0.25) is 14.5 Å². The van der Waals surface area contributed by atoms with E-state index in [1.165, 1.54) is 0 Å². The molecule has 1 fully saturated rings. The molecule has 0 radical (unpaired) electrons. The Labute approximate surface area is 157 Å². The molecule has 136 valence electrons. The fourth-order valence-electron chi connectivity index (χ4n) is 2.53. The van der Waals surface area contributed by atoms with Crippen molar-refractivity contribution < 1.29 is 34.1 Å². The minimum Gasteiger partial charge on any atom is -0.481 e. The minimum absolute atomic E-state index is 0.0831. The smallest absolute Gasteiger partial charge is 0.326 e. The van der Waals surface area contributed by atoms with Crippen LogP contribution in [0.3, 0.4) is 0 Å². The lowest BCUT2D eigenvalue weighted by molar-refractivity contribution is -0.146. The van der Waals surface area contributed by atoms with Crippen molar-refractivity contribution in [2.45, 2.75) is 18.9 Å². The van der Waals surface area contributed by atoms with Crippen LogP contribution in [0.5, 0.6) is 11.5 Å². The third-order valence-electron chi connectivity index (χ3n) is 3.75. The molecule has 0 saturated carbocycles. The minimum atomic E-state index is -1.32. The van der Waals surface area contributed by atoms with E-state index in [4.69, 9.17) is 26.8 Å². The van der Waals surface area contributed by atoms with Gasteiger partial charge in [0, 0.05) is 6.42 Å². The number of hydrogen-bond donors (Lipinski definition) is 2. The number of rotatable bonds is 6. The molecular weight excluding hydrogens is 382 g/mol. The second kappa shape index (κ2) is 7.34. The van der Waals surface area contributed by atoms with Crippen molar-refractivity contribution in [3.63, 3.8) is 0 Å². The fourth-order valence-corrected chi connectivity index (χ4v) is 3.88. The van der Waals surface area contributed by atoms with Gasteiger partial charge in [0.25, 0.3) is 5.91 Å². The van der Waals surface area contributed by atoms with Crippen LogP contribution >= 0.6 is 24.0 Å². The van der Waals surface area contributed by atoms with Crippen LogP contribution < -0.4 is 9.47 Å². The average molecular weight is 395 g/mol. The van der Waals surface area contributed by atoms with Crippen molar-refractivity contribution in [3.05, 3.63) is 28.7 Å². The lowest BCUT2D eigenvalue weighted by atomic mass is 10.1. The van der Waals surface area contributed by atoms with E-state index in [9.17, 15) is 19.5 Å². The SMILES string of the molecule is O=C(O)CCC(C(=O)O)N1C(=O)/C(=C/c2ccc3c(c2)OCO3)SC1=S. The monoisotopic (exact) mass is 395 g/mol. The highest BCUT2D eigenvalue weighted by molar-refractivity contribution is 8.26. The van der Waals surface area contributed by atoms with Crippen molar-refractivity contribution in [3.8, 4) is 11.5 Å². The third-order valence-corrected chi connectivity index (χ3v) is 5.08. The molecule has 26 heavy (non-hydrogen) atoms. The van der Waals surface area contributed by atoms with Gasteiger partial charge in [-0.15, -0.1) is 0 Å². The highest BCUT2D eigenvalue weighted by atomic mass is 32.2.